The van der Waals surface area contributed by atoms with Gasteiger partial charge in [0.15, 0.2) is 0 Å². The molecule has 2 aromatic rings. The van der Waals surface area contributed by atoms with Gasteiger partial charge in [0.05, 0.1) is 23.3 Å². The van der Waals surface area contributed by atoms with E-state index < -0.39 is 0 Å². The summed E-state index contributed by atoms with van der Waals surface area (Å²) in [6.45, 7) is 7.29. The molecule has 0 aliphatic carbocycles. The highest BCUT2D eigenvalue weighted by Gasteiger charge is 2.06. The zero-order valence-electron chi connectivity index (χ0n) is 10.6. The molecule has 2 N–H and O–H groups in total. The van der Waals surface area contributed by atoms with Crippen LogP contribution in [0.15, 0.2) is 18.3 Å². The molecule has 2 aromatic heterocycles. The Balaban J connectivity index is 2.01. The Hall–Kier alpha value is -1.13. The van der Waals surface area contributed by atoms with E-state index in [0.29, 0.717) is 6.04 Å². The highest BCUT2D eigenvalue weighted by molar-refractivity contribution is 7.15. The summed E-state index contributed by atoms with van der Waals surface area (Å²) in [4.78, 5) is 10.3. The molecule has 0 amide bonds. The molecule has 0 saturated heterocycles. The highest BCUT2D eigenvalue weighted by atomic mass is 32.1. The third-order valence-electron chi connectivity index (χ3n) is 2.86. The fourth-order valence-electron chi connectivity index (χ4n) is 1.57. The van der Waals surface area contributed by atoms with E-state index in [1.54, 1.807) is 11.3 Å². The predicted molar refractivity (Wildman–Crippen MR) is 73.2 cm³/mol. The number of aromatic amines is 1. The van der Waals surface area contributed by atoms with Crippen molar-refractivity contribution >= 4 is 11.3 Å². The van der Waals surface area contributed by atoms with Gasteiger partial charge < -0.3 is 10.3 Å². The first kappa shape index (κ1) is 12.3. The van der Waals surface area contributed by atoms with Crippen molar-refractivity contribution in [2.45, 2.75) is 39.8 Å². The summed E-state index contributed by atoms with van der Waals surface area (Å²) in [5.41, 5.74) is 1.11. The van der Waals surface area contributed by atoms with Gasteiger partial charge in [-0.3, -0.25) is 0 Å². The minimum atomic E-state index is 0.535. The highest BCUT2D eigenvalue weighted by Crippen LogP contribution is 2.25. The molecule has 2 rings (SSSR count). The Morgan fingerprint density at radius 3 is 2.94 bits per heavy atom. The molecular weight excluding hydrogens is 230 g/mol. The molecular formula is C13H19N3S. The summed E-state index contributed by atoms with van der Waals surface area (Å²) in [5.74, 6) is 1.01. The number of nitrogens with one attached hydrogen (secondary N) is 2. The molecule has 0 saturated carbocycles. The molecule has 1 unspecified atom stereocenters. The Labute approximate surface area is 106 Å². The quantitative estimate of drug-likeness (QED) is 0.853. The predicted octanol–water partition coefficient (Wildman–Crippen LogP) is 3.33. The normalized spacial score (nSPS) is 12.9. The molecule has 92 valence electrons. The van der Waals surface area contributed by atoms with Crippen molar-refractivity contribution in [1.29, 1.82) is 0 Å². The Bertz CT molecular complexity index is 472. The summed E-state index contributed by atoms with van der Waals surface area (Å²) < 4.78 is 0. The topological polar surface area (TPSA) is 40.7 Å². The van der Waals surface area contributed by atoms with Crippen LogP contribution in [-0.2, 0) is 6.54 Å². The van der Waals surface area contributed by atoms with Crippen LogP contribution in [0.1, 0.15) is 31.0 Å². The van der Waals surface area contributed by atoms with Crippen molar-refractivity contribution in [2.75, 3.05) is 0 Å². The lowest BCUT2D eigenvalue weighted by atomic mass is 10.2. The summed E-state index contributed by atoms with van der Waals surface area (Å²) in [6.07, 6.45) is 3.05. The fraction of sp³-hybridized carbons (Fsp3) is 0.462. The molecule has 0 radical (unpaired) electrons. The molecule has 3 nitrogen and oxygen atoms in total. The molecule has 0 aromatic carbocycles. The Morgan fingerprint density at radius 1 is 1.47 bits per heavy atom. The number of H-pyrrole nitrogens is 1. The molecule has 0 aliphatic heterocycles. The second-order valence-electron chi connectivity index (χ2n) is 4.34. The Kier molecular flexibility index (Phi) is 3.97. The minimum Gasteiger partial charge on any atom is -0.340 e. The van der Waals surface area contributed by atoms with Gasteiger partial charge in [-0.05, 0) is 32.4 Å². The van der Waals surface area contributed by atoms with E-state index in [2.05, 4.69) is 48.2 Å². The van der Waals surface area contributed by atoms with Gasteiger partial charge in [0.2, 0.25) is 0 Å². The number of hydrogen-bond donors (Lipinski definition) is 2. The largest absolute Gasteiger partial charge is 0.340 e. The van der Waals surface area contributed by atoms with Crippen LogP contribution < -0.4 is 5.32 Å². The van der Waals surface area contributed by atoms with Gasteiger partial charge in [-0.2, -0.15) is 0 Å². The van der Waals surface area contributed by atoms with E-state index in [4.69, 9.17) is 0 Å². The summed E-state index contributed by atoms with van der Waals surface area (Å²) in [6, 6.07) is 4.81. The number of imidazole rings is 1. The lowest BCUT2D eigenvalue weighted by Crippen LogP contribution is -2.24. The van der Waals surface area contributed by atoms with E-state index in [0.717, 1.165) is 24.5 Å². The molecule has 0 aliphatic rings. The van der Waals surface area contributed by atoms with E-state index in [-0.39, 0.29) is 0 Å². The van der Waals surface area contributed by atoms with Crippen LogP contribution in [0, 0.1) is 6.92 Å². The van der Waals surface area contributed by atoms with Gasteiger partial charge in [-0.25, -0.2) is 4.98 Å². The third kappa shape index (κ3) is 3.17. The molecule has 1 atom stereocenters. The van der Waals surface area contributed by atoms with Crippen LogP contribution in [0.2, 0.25) is 0 Å². The fourth-order valence-corrected chi connectivity index (χ4v) is 2.40. The third-order valence-corrected chi connectivity index (χ3v) is 3.90. The molecule has 4 heteroatoms. The molecule has 0 bridgehead atoms. The first-order valence-corrected chi connectivity index (χ1v) is 6.84. The maximum atomic E-state index is 4.40. The lowest BCUT2D eigenvalue weighted by molar-refractivity contribution is 0.525. The van der Waals surface area contributed by atoms with Crippen LogP contribution >= 0.6 is 11.3 Å². The first-order valence-electron chi connectivity index (χ1n) is 6.03. The average Bonchev–Trinajstić information content (AvgIpc) is 2.94. The van der Waals surface area contributed by atoms with E-state index >= 15 is 0 Å². The van der Waals surface area contributed by atoms with Crippen LogP contribution in [-0.4, -0.2) is 16.0 Å². The van der Waals surface area contributed by atoms with E-state index in [1.807, 2.05) is 6.20 Å². The zero-order valence-corrected chi connectivity index (χ0v) is 11.4. The van der Waals surface area contributed by atoms with Gasteiger partial charge in [-0.1, -0.05) is 6.92 Å². The minimum absolute atomic E-state index is 0.535. The van der Waals surface area contributed by atoms with Crippen molar-refractivity contribution < 1.29 is 0 Å². The Morgan fingerprint density at radius 2 is 2.29 bits per heavy atom. The number of nitrogens with zero attached hydrogens (tertiary/aromatic N) is 1. The van der Waals surface area contributed by atoms with Crippen LogP contribution in [0.3, 0.4) is 0 Å². The first-order chi connectivity index (χ1) is 8.19. The van der Waals surface area contributed by atoms with Crippen molar-refractivity contribution in [2.24, 2.45) is 0 Å². The number of hydrogen-bond acceptors (Lipinski definition) is 3. The second kappa shape index (κ2) is 5.47. The number of thiophene rings is 1. The molecule has 17 heavy (non-hydrogen) atoms. The van der Waals surface area contributed by atoms with Crippen molar-refractivity contribution in [3.63, 3.8) is 0 Å². The van der Waals surface area contributed by atoms with Crippen LogP contribution in [0.4, 0.5) is 0 Å². The van der Waals surface area contributed by atoms with Crippen LogP contribution in [0.25, 0.3) is 10.6 Å². The summed E-state index contributed by atoms with van der Waals surface area (Å²) in [5, 5.41) is 3.43. The second-order valence-corrected chi connectivity index (χ2v) is 5.63. The van der Waals surface area contributed by atoms with Gasteiger partial charge in [0.25, 0.3) is 0 Å². The van der Waals surface area contributed by atoms with Gasteiger partial charge in [0.1, 0.15) is 5.82 Å². The van der Waals surface area contributed by atoms with E-state index in [1.165, 1.54) is 9.75 Å². The summed E-state index contributed by atoms with van der Waals surface area (Å²) >= 11 is 1.79. The maximum absolute atomic E-state index is 4.40. The molecule has 0 fully saturated rings. The number of aromatic nitrogens is 2. The van der Waals surface area contributed by atoms with E-state index in [9.17, 15) is 0 Å². The standard InChI is InChI=1S/C13H19N3S/c1-4-9(2)14-8-13-15-7-11(16-13)12-6-5-10(3)17-12/h5-7,9,14H,4,8H2,1-3H3,(H,15,16). The number of rotatable bonds is 5. The van der Waals surface area contributed by atoms with Gasteiger partial charge in [0, 0.05) is 10.9 Å². The monoisotopic (exact) mass is 249 g/mol. The molecule has 2 heterocycles. The smallest absolute Gasteiger partial charge is 0.120 e. The van der Waals surface area contributed by atoms with Gasteiger partial charge in [-0.15, -0.1) is 11.3 Å². The van der Waals surface area contributed by atoms with Crippen molar-refractivity contribution in [1.82, 2.24) is 15.3 Å². The lowest BCUT2D eigenvalue weighted by Gasteiger charge is -2.08. The van der Waals surface area contributed by atoms with Gasteiger partial charge >= 0.3 is 0 Å². The SMILES string of the molecule is CCC(C)NCc1ncc(-c2ccc(C)s2)[nH]1. The number of aryl methyl sites for hydroxylation is 1. The summed E-state index contributed by atoms with van der Waals surface area (Å²) in [7, 11) is 0. The maximum Gasteiger partial charge on any atom is 0.120 e. The van der Waals surface area contributed by atoms with Crippen LogP contribution in [0.5, 0.6) is 0 Å². The van der Waals surface area contributed by atoms with Crippen molar-refractivity contribution in [3.8, 4) is 10.6 Å². The average molecular weight is 249 g/mol. The zero-order chi connectivity index (χ0) is 12.3. The van der Waals surface area contributed by atoms with Crippen molar-refractivity contribution in [3.05, 3.63) is 29.0 Å². The molecule has 0 spiro atoms.